The van der Waals surface area contributed by atoms with Crippen molar-refractivity contribution in [3.63, 3.8) is 0 Å². The van der Waals surface area contributed by atoms with Crippen LogP contribution in [0.3, 0.4) is 0 Å². The number of methoxy groups -OCH3 is 1. The van der Waals surface area contributed by atoms with Gasteiger partial charge in [-0.1, -0.05) is 0 Å². The SMILES string of the molecule is COC(=O)CC[C@@H](NC(=O)C(N)CCC(=O)O)C(=O)O. The zero-order chi connectivity index (χ0) is 15.7. The van der Waals surface area contributed by atoms with E-state index in [2.05, 4.69) is 10.1 Å². The summed E-state index contributed by atoms with van der Waals surface area (Å²) < 4.78 is 4.36. The van der Waals surface area contributed by atoms with E-state index in [4.69, 9.17) is 15.9 Å². The monoisotopic (exact) mass is 290 g/mol. The van der Waals surface area contributed by atoms with Gasteiger partial charge in [-0.2, -0.15) is 0 Å². The van der Waals surface area contributed by atoms with Crippen LogP contribution in [0.25, 0.3) is 0 Å². The van der Waals surface area contributed by atoms with E-state index < -0.39 is 35.9 Å². The smallest absolute Gasteiger partial charge is 0.326 e. The lowest BCUT2D eigenvalue weighted by molar-refractivity contribution is -0.144. The number of rotatable bonds is 9. The largest absolute Gasteiger partial charge is 0.481 e. The molecule has 0 saturated carbocycles. The molecule has 1 unspecified atom stereocenters. The Bertz CT molecular complexity index is 383. The molecule has 9 heteroatoms. The van der Waals surface area contributed by atoms with E-state index >= 15 is 0 Å². The van der Waals surface area contributed by atoms with Gasteiger partial charge in [-0.15, -0.1) is 0 Å². The second-order valence-electron chi connectivity index (χ2n) is 4.05. The molecule has 0 aromatic rings. The quantitative estimate of drug-likeness (QED) is 0.382. The van der Waals surface area contributed by atoms with Crippen molar-refractivity contribution in [3.8, 4) is 0 Å². The fourth-order valence-corrected chi connectivity index (χ4v) is 1.31. The zero-order valence-corrected chi connectivity index (χ0v) is 11.0. The molecule has 0 spiro atoms. The minimum atomic E-state index is -1.31. The predicted molar refractivity (Wildman–Crippen MR) is 65.7 cm³/mol. The van der Waals surface area contributed by atoms with Crippen LogP contribution in [0, 0.1) is 0 Å². The lowest BCUT2D eigenvalue weighted by Crippen LogP contribution is -2.48. The highest BCUT2D eigenvalue weighted by atomic mass is 16.5. The fraction of sp³-hybridized carbons (Fsp3) is 0.636. The van der Waals surface area contributed by atoms with Crippen LogP contribution in [-0.4, -0.2) is 53.2 Å². The Morgan fingerprint density at radius 3 is 2.20 bits per heavy atom. The van der Waals surface area contributed by atoms with Gasteiger partial charge in [0.2, 0.25) is 5.91 Å². The zero-order valence-electron chi connectivity index (χ0n) is 11.0. The van der Waals surface area contributed by atoms with Gasteiger partial charge in [-0.25, -0.2) is 4.79 Å². The van der Waals surface area contributed by atoms with E-state index in [1.54, 1.807) is 0 Å². The fourth-order valence-electron chi connectivity index (χ4n) is 1.31. The summed E-state index contributed by atoms with van der Waals surface area (Å²) in [6, 6.07) is -2.40. The number of aliphatic carboxylic acids is 2. The van der Waals surface area contributed by atoms with Crippen molar-refractivity contribution in [1.29, 1.82) is 0 Å². The van der Waals surface area contributed by atoms with Gasteiger partial charge in [0.05, 0.1) is 13.2 Å². The normalized spacial score (nSPS) is 13.1. The van der Waals surface area contributed by atoms with Crippen LogP contribution >= 0.6 is 0 Å². The van der Waals surface area contributed by atoms with Crippen molar-refractivity contribution in [3.05, 3.63) is 0 Å². The van der Waals surface area contributed by atoms with Gasteiger partial charge in [-0.05, 0) is 12.8 Å². The Kier molecular flexibility index (Phi) is 7.90. The van der Waals surface area contributed by atoms with Gasteiger partial charge in [-0.3, -0.25) is 14.4 Å². The average molecular weight is 290 g/mol. The van der Waals surface area contributed by atoms with Gasteiger partial charge < -0.3 is 26.0 Å². The second-order valence-corrected chi connectivity index (χ2v) is 4.05. The first-order valence-electron chi connectivity index (χ1n) is 5.85. The maximum absolute atomic E-state index is 11.6. The number of ether oxygens (including phenoxy) is 1. The first-order valence-corrected chi connectivity index (χ1v) is 5.85. The summed E-state index contributed by atoms with van der Waals surface area (Å²) in [5.74, 6) is -3.79. The van der Waals surface area contributed by atoms with Crippen LogP contribution in [0.1, 0.15) is 25.7 Å². The highest BCUT2D eigenvalue weighted by Gasteiger charge is 2.24. The third-order valence-electron chi connectivity index (χ3n) is 2.49. The van der Waals surface area contributed by atoms with Crippen LogP contribution in [0.2, 0.25) is 0 Å². The number of nitrogens with two attached hydrogens (primary N) is 1. The van der Waals surface area contributed by atoms with E-state index in [9.17, 15) is 19.2 Å². The van der Waals surface area contributed by atoms with E-state index in [1.165, 1.54) is 7.11 Å². The number of carboxylic acids is 2. The molecule has 0 bridgehead atoms. The molecule has 0 fully saturated rings. The van der Waals surface area contributed by atoms with Crippen LogP contribution in [0.4, 0.5) is 0 Å². The molecule has 0 saturated heterocycles. The summed E-state index contributed by atoms with van der Waals surface area (Å²) in [4.78, 5) is 43.8. The average Bonchev–Trinajstić information content (AvgIpc) is 2.39. The van der Waals surface area contributed by atoms with Crippen LogP contribution in [0.5, 0.6) is 0 Å². The molecule has 114 valence electrons. The summed E-state index contributed by atoms with van der Waals surface area (Å²) in [7, 11) is 1.17. The molecular weight excluding hydrogens is 272 g/mol. The van der Waals surface area contributed by atoms with Crippen molar-refractivity contribution in [2.75, 3.05) is 7.11 Å². The minimum absolute atomic E-state index is 0.107. The molecule has 0 heterocycles. The van der Waals surface area contributed by atoms with Crippen LogP contribution in [0.15, 0.2) is 0 Å². The first kappa shape index (κ1) is 17.8. The highest BCUT2D eigenvalue weighted by Crippen LogP contribution is 2.02. The number of esters is 1. The molecule has 5 N–H and O–H groups in total. The molecule has 0 aliphatic carbocycles. The summed E-state index contributed by atoms with van der Waals surface area (Å²) in [5.41, 5.74) is 5.44. The van der Waals surface area contributed by atoms with Gasteiger partial charge in [0, 0.05) is 12.8 Å². The maximum atomic E-state index is 11.6. The minimum Gasteiger partial charge on any atom is -0.481 e. The molecule has 0 aromatic heterocycles. The molecule has 1 amide bonds. The molecule has 0 aliphatic rings. The van der Waals surface area contributed by atoms with Gasteiger partial charge in [0.1, 0.15) is 6.04 Å². The van der Waals surface area contributed by atoms with E-state index in [0.29, 0.717) is 0 Å². The molecule has 20 heavy (non-hydrogen) atoms. The Balaban J connectivity index is 4.36. The number of carbonyl (C=O) groups is 4. The van der Waals surface area contributed by atoms with Crippen molar-refractivity contribution >= 4 is 23.8 Å². The van der Waals surface area contributed by atoms with Crippen molar-refractivity contribution in [2.24, 2.45) is 5.73 Å². The number of carboxylic acid groups (broad SMARTS) is 2. The molecular formula is C11H18N2O7. The van der Waals surface area contributed by atoms with Gasteiger partial charge >= 0.3 is 17.9 Å². The van der Waals surface area contributed by atoms with Crippen molar-refractivity contribution in [2.45, 2.75) is 37.8 Å². The Morgan fingerprint density at radius 2 is 1.75 bits per heavy atom. The number of nitrogens with one attached hydrogen (secondary N) is 1. The highest BCUT2D eigenvalue weighted by molar-refractivity contribution is 5.87. The predicted octanol–water partition coefficient (Wildman–Crippen LogP) is -1.30. The molecule has 0 aromatic carbocycles. The number of carbonyl (C=O) groups excluding carboxylic acids is 2. The van der Waals surface area contributed by atoms with E-state index in [-0.39, 0.29) is 25.7 Å². The number of hydrogen-bond acceptors (Lipinski definition) is 6. The summed E-state index contributed by atoms with van der Waals surface area (Å²) >= 11 is 0. The van der Waals surface area contributed by atoms with Crippen LogP contribution < -0.4 is 11.1 Å². The maximum Gasteiger partial charge on any atom is 0.326 e. The first-order chi connectivity index (χ1) is 9.27. The summed E-state index contributed by atoms with van der Waals surface area (Å²) in [5, 5.41) is 19.5. The van der Waals surface area contributed by atoms with Crippen molar-refractivity contribution in [1.82, 2.24) is 5.32 Å². The molecule has 0 rings (SSSR count). The lowest BCUT2D eigenvalue weighted by Gasteiger charge is -2.17. The summed E-state index contributed by atoms with van der Waals surface area (Å²) in [6.45, 7) is 0. The standard InChI is InChI=1S/C11H18N2O7/c1-20-9(16)5-3-7(11(18)19)13-10(17)6(12)2-4-8(14)15/h6-7H,2-5,12H2,1H3,(H,13,17)(H,14,15)(H,18,19)/t6?,7-/m1/s1. The molecule has 9 nitrogen and oxygen atoms in total. The second kappa shape index (κ2) is 8.86. The topological polar surface area (TPSA) is 156 Å². The lowest BCUT2D eigenvalue weighted by atomic mass is 10.1. The third kappa shape index (κ3) is 7.31. The number of amides is 1. The number of hydrogen-bond donors (Lipinski definition) is 4. The van der Waals surface area contributed by atoms with Gasteiger partial charge in [0.25, 0.3) is 0 Å². The third-order valence-corrected chi connectivity index (χ3v) is 2.49. The van der Waals surface area contributed by atoms with E-state index in [0.717, 1.165) is 0 Å². The van der Waals surface area contributed by atoms with Crippen LogP contribution in [-0.2, 0) is 23.9 Å². The van der Waals surface area contributed by atoms with E-state index in [1.807, 2.05) is 0 Å². The Labute approximate surface area is 115 Å². The van der Waals surface area contributed by atoms with Crippen molar-refractivity contribution < 1.29 is 34.1 Å². The Morgan fingerprint density at radius 1 is 1.15 bits per heavy atom. The molecule has 2 atom stereocenters. The molecule has 0 aliphatic heterocycles. The molecule has 0 radical (unpaired) electrons. The Hall–Kier alpha value is -2.16. The summed E-state index contributed by atoms with van der Waals surface area (Å²) in [6.07, 6.45) is -0.712. The van der Waals surface area contributed by atoms with Gasteiger partial charge in [0.15, 0.2) is 0 Å².